The number of aromatic nitrogens is 8. The molecule has 9 aromatic carbocycles. The minimum absolute atomic E-state index is 0.381. The number of rotatable bonds is 16. The molecule has 0 amide bonds. The minimum Gasteiger partial charge on any atom is -0.342 e. The second kappa shape index (κ2) is 39.7. The molecule has 0 bridgehead atoms. The summed E-state index contributed by atoms with van der Waals surface area (Å²) in [6, 6.07) is 64.7. The first-order valence-corrected chi connectivity index (χ1v) is 52.2. The number of hydrogen-bond donors (Lipinski definition) is 4. The van der Waals surface area contributed by atoms with Gasteiger partial charge in [-0.1, -0.05) is 235 Å². The summed E-state index contributed by atoms with van der Waals surface area (Å²) >= 11 is 7.25. The minimum atomic E-state index is 0.381. The van der Waals surface area contributed by atoms with Crippen LogP contribution in [0.2, 0.25) is 0 Å². The number of allylic oxidation sites excluding steroid dienone is 1. The number of benzene rings is 9. The van der Waals surface area contributed by atoms with E-state index in [4.69, 9.17) is 25.0 Å². The smallest absolute Gasteiger partial charge is 0.120 e. The van der Waals surface area contributed by atoms with Gasteiger partial charge in [-0.15, -0.1) is 45.3 Å². The van der Waals surface area contributed by atoms with Gasteiger partial charge in [0.1, 0.15) is 39.7 Å². The third kappa shape index (κ3) is 20.5. The average molecular weight is 1890 g/mol. The van der Waals surface area contributed by atoms with Gasteiger partial charge in [-0.05, 0) is 237 Å². The Bertz CT molecular complexity index is 7700. The van der Waals surface area contributed by atoms with Crippen LogP contribution in [0.1, 0.15) is 247 Å². The molecule has 0 spiro atoms. The van der Waals surface area contributed by atoms with Crippen LogP contribution in [0, 0.1) is 59.2 Å². The maximum atomic E-state index is 4.88. The summed E-state index contributed by atoms with van der Waals surface area (Å²) in [6.45, 7) is 43.7. The van der Waals surface area contributed by atoms with E-state index in [0.29, 0.717) is 59.2 Å². The van der Waals surface area contributed by atoms with Crippen LogP contribution in [0.4, 0.5) is 27.8 Å². The molecule has 23 rings (SSSR count). The summed E-state index contributed by atoms with van der Waals surface area (Å²) in [6.07, 6.45) is 15.4. The van der Waals surface area contributed by atoms with Gasteiger partial charge in [0.05, 0.1) is 63.8 Å². The molecule has 694 valence electrons. The van der Waals surface area contributed by atoms with Crippen LogP contribution in [-0.4, -0.2) is 74.1 Å². The summed E-state index contributed by atoms with van der Waals surface area (Å²) in [5.74, 6) is 21.6. The van der Waals surface area contributed by atoms with Crippen LogP contribution in [0.25, 0.3) is 111 Å². The van der Waals surface area contributed by atoms with Gasteiger partial charge in [0.25, 0.3) is 0 Å². The first kappa shape index (κ1) is 93.8. The highest BCUT2D eigenvalue weighted by Gasteiger charge is 2.27. The highest BCUT2D eigenvalue weighted by atomic mass is 32.1. The van der Waals surface area contributed by atoms with Gasteiger partial charge in [0.2, 0.25) is 0 Å². The van der Waals surface area contributed by atoms with Crippen molar-refractivity contribution in [3.8, 4) is 78.2 Å². The van der Waals surface area contributed by atoms with Gasteiger partial charge in [-0.3, -0.25) is 25.0 Å². The van der Waals surface area contributed by atoms with Gasteiger partial charge < -0.3 is 19.9 Å². The third-order valence-corrected chi connectivity index (χ3v) is 31.0. The van der Waals surface area contributed by atoms with E-state index in [1.165, 1.54) is 172 Å². The summed E-state index contributed by atoms with van der Waals surface area (Å²) in [7, 11) is 0. The summed E-state index contributed by atoms with van der Waals surface area (Å²) in [5, 5.41) is 8.94. The fourth-order valence-corrected chi connectivity index (χ4v) is 22.2. The zero-order valence-electron chi connectivity index (χ0n) is 82.8. The highest BCUT2D eigenvalue weighted by Crippen LogP contribution is 2.47. The van der Waals surface area contributed by atoms with Crippen LogP contribution < -0.4 is 0 Å². The lowest BCUT2D eigenvalue weighted by Crippen LogP contribution is -2.06. The Balaban J connectivity index is 0.000000110. The molecule has 0 atom stereocenters. The highest BCUT2D eigenvalue weighted by molar-refractivity contribution is 7.23. The van der Waals surface area contributed by atoms with E-state index >= 15 is 0 Å². The molecule has 0 saturated heterocycles. The molecular weight excluding hydrogens is 1770 g/mol. The van der Waals surface area contributed by atoms with E-state index < -0.39 is 0 Å². The second-order valence-electron chi connectivity index (χ2n) is 40.4. The van der Waals surface area contributed by atoms with E-state index in [1.54, 1.807) is 17.5 Å². The van der Waals surface area contributed by atoms with Crippen molar-refractivity contribution in [1.82, 2.24) is 39.9 Å². The molecule has 0 unspecified atom stereocenters. The van der Waals surface area contributed by atoms with Gasteiger partial charge in [0.15, 0.2) is 0 Å². The Morgan fingerprint density at radius 1 is 0.275 bits per heavy atom. The molecule has 17 aromatic rings. The molecule has 8 aromatic heterocycles. The third-order valence-electron chi connectivity index (χ3n) is 26.6. The van der Waals surface area contributed by atoms with Gasteiger partial charge in [-0.2, -0.15) is 0 Å². The number of hydrogen-bond acceptors (Lipinski definition) is 14. The SMILES string of the molecule is CC(C)C1=NC=C(c2ccc(-c3ccc4c5c(sc4c3)N=C(C(C)C)C5)cc2)C1.CC(C)C1=Nc2cc3ccc(C#Cc4cnc(C(C)C)[nH]4)cc3cc2C1.CC(C)C1=Nc2cc3sc(-c4ccc(-c5cnc(C(C)C)[nH]5)cc4)cc3cc2C1.CC(C)C1=Nc2cc3sc(-c4ccc(-c5cnc(C(C)C)[nH]5)cc4)cc3cc2C1.CC(C)C1=Nc2cc3sc(C#Cc4cnc(C(C)C)[nH]4)cc3cc2C1. The molecule has 18 heteroatoms. The second-order valence-corrected chi connectivity index (χ2v) is 44.7. The fourth-order valence-electron chi connectivity index (χ4n) is 18.0. The molecule has 14 nitrogen and oxygen atoms in total. The molecule has 0 radical (unpaired) electrons. The number of fused-ring (bicyclic) bond motifs is 11. The zero-order valence-corrected chi connectivity index (χ0v) is 86.0. The van der Waals surface area contributed by atoms with E-state index in [-0.39, 0.29) is 0 Å². The number of aliphatic imine (C=N–C) groups is 6. The van der Waals surface area contributed by atoms with Crippen molar-refractivity contribution in [2.24, 2.45) is 65.5 Å². The zero-order chi connectivity index (χ0) is 96.2. The number of imidazole rings is 4. The molecule has 4 N–H and O–H groups in total. The molecule has 6 aliphatic heterocycles. The Morgan fingerprint density at radius 3 is 1.12 bits per heavy atom. The van der Waals surface area contributed by atoms with Crippen molar-refractivity contribution in [2.45, 2.75) is 201 Å². The Morgan fingerprint density at radius 2 is 0.674 bits per heavy atom. The van der Waals surface area contributed by atoms with Crippen LogP contribution in [0.5, 0.6) is 0 Å². The van der Waals surface area contributed by atoms with Crippen molar-refractivity contribution in [1.29, 1.82) is 0 Å². The quantitative estimate of drug-likeness (QED) is 0.0701. The fraction of sp³-hybridized carbons (Fsp3) is 0.300. The normalized spacial score (nSPS) is 13.9. The predicted molar refractivity (Wildman–Crippen MR) is 591 cm³/mol. The summed E-state index contributed by atoms with van der Waals surface area (Å²) in [5.41, 5.74) is 34.0. The van der Waals surface area contributed by atoms with Gasteiger partial charge in [-0.25, -0.2) is 24.9 Å². The van der Waals surface area contributed by atoms with Crippen LogP contribution in [0.15, 0.2) is 237 Å². The van der Waals surface area contributed by atoms with Crippen molar-refractivity contribution in [3.05, 3.63) is 285 Å². The number of H-pyrrole nitrogens is 4. The van der Waals surface area contributed by atoms with Gasteiger partial charge in [0, 0.05) is 142 Å². The lowest BCUT2D eigenvalue weighted by Gasteiger charge is -2.08. The van der Waals surface area contributed by atoms with E-state index in [0.717, 1.165) is 118 Å². The monoisotopic (exact) mass is 1880 g/mol. The summed E-state index contributed by atoms with van der Waals surface area (Å²) < 4.78 is 5.22. The number of aromatic amines is 4. The Hall–Kier alpha value is -13.2. The van der Waals surface area contributed by atoms with E-state index in [1.807, 2.05) is 58.8 Å². The lowest BCUT2D eigenvalue weighted by molar-refractivity contribution is 0.793. The Kier molecular flexibility index (Phi) is 27.0. The maximum absolute atomic E-state index is 4.88. The Labute approximate surface area is 827 Å². The van der Waals surface area contributed by atoms with Crippen molar-refractivity contribution < 1.29 is 0 Å². The number of nitrogens with zero attached hydrogens (tertiary/aromatic N) is 10. The number of thiophene rings is 4. The standard InChI is InChI=1S/C26H26N2S.2C25H25N3S.C23H23N3.C21H21N3S/c1-15(2)23-11-20(14-27-23)18-7-5-17(6-8-18)19-9-10-21-22-13-24(16(3)4)28-26(22)29-25(21)12-19;2*1-14(2)20-10-18-9-19-11-23(29-24(19)12-21(18)27-20)17-7-5-16(6-8-17)22-13-26-25(28-22)15(3)4;1-14(2)21-12-19-10-18-9-16(5-7-17(18)11-22(19)26-21)6-8-20-13-24-23(25-20)15(3)4;1-12(2)18-9-14-7-15-8-17(25-20(15)10-19(14)24-18)6-5-16-11-22-21(23-16)13(3)4/h5-10,12,14-16H,11,13H2,1-4H3;2*5-9,11-15H,10H2,1-4H3,(H,26,28);5,7,9-11,13-15H,12H2,1-4H3,(H,24,25);7-8,10-13H,9H2,1-4H3,(H,22,23). The van der Waals surface area contributed by atoms with Crippen molar-refractivity contribution >= 4 is 164 Å². The van der Waals surface area contributed by atoms with Crippen LogP contribution in [-0.2, 0) is 32.1 Å². The van der Waals surface area contributed by atoms with Crippen molar-refractivity contribution in [2.75, 3.05) is 0 Å². The largest absolute Gasteiger partial charge is 0.342 e. The molecular formula is C120H120N14S4. The molecule has 0 fully saturated rings. The van der Waals surface area contributed by atoms with E-state index in [9.17, 15) is 0 Å². The maximum Gasteiger partial charge on any atom is 0.120 e. The average Bonchev–Trinajstić information content (AvgIpc) is 1.66. The molecule has 0 saturated carbocycles. The predicted octanol–water partition coefficient (Wildman–Crippen LogP) is 33.2. The number of nitrogens with one attached hydrogen (secondary N) is 4. The molecule has 0 aliphatic carbocycles. The first-order valence-electron chi connectivity index (χ1n) is 48.9. The molecule has 138 heavy (non-hydrogen) atoms. The van der Waals surface area contributed by atoms with Gasteiger partial charge >= 0.3 is 0 Å². The van der Waals surface area contributed by atoms with Crippen LogP contribution in [0.3, 0.4) is 0 Å². The molecule has 14 heterocycles. The first-order chi connectivity index (χ1) is 66.4. The topological polar surface area (TPSA) is 189 Å². The van der Waals surface area contributed by atoms with Crippen LogP contribution >= 0.6 is 45.3 Å². The lowest BCUT2D eigenvalue weighted by atomic mass is 9.95. The summed E-state index contributed by atoms with van der Waals surface area (Å²) in [4.78, 5) is 63.6. The molecule has 6 aliphatic rings. The van der Waals surface area contributed by atoms with Crippen molar-refractivity contribution in [3.63, 3.8) is 0 Å². The van der Waals surface area contributed by atoms with E-state index in [2.05, 4.69) is 383 Å².